The molecule has 2 aromatic carbocycles. The van der Waals surface area contributed by atoms with E-state index in [0.717, 1.165) is 18.4 Å². The second-order valence-corrected chi connectivity index (χ2v) is 9.05. The summed E-state index contributed by atoms with van der Waals surface area (Å²) < 4.78 is 17.2. The number of thiophene rings is 1. The molecule has 0 spiro atoms. The van der Waals surface area contributed by atoms with E-state index in [1.807, 2.05) is 18.4 Å². The number of nitrogens with zero attached hydrogens (tertiary/aromatic N) is 2. The van der Waals surface area contributed by atoms with Crippen molar-refractivity contribution in [1.29, 1.82) is 0 Å². The molecule has 0 saturated heterocycles. The number of hydrogen-bond donors (Lipinski definition) is 1. The topological polar surface area (TPSA) is 109 Å². The van der Waals surface area contributed by atoms with Gasteiger partial charge in [0.05, 0.1) is 38.1 Å². The first-order chi connectivity index (χ1) is 17.9. The summed E-state index contributed by atoms with van der Waals surface area (Å²) in [5.41, 5.74) is 2.06. The number of amides is 1. The largest absolute Gasteiger partial charge is 0.493 e. The Hall–Kier alpha value is -4.18. The lowest BCUT2D eigenvalue weighted by atomic mass is 10.1. The van der Waals surface area contributed by atoms with Crippen molar-refractivity contribution < 1.29 is 23.8 Å². The minimum atomic E-state index is -0.404. The monoisotopic (exact) mass is 521 g/mol. The Kier molecular flexibility index (Phi) is 8.19. The Morgan fingerprint density at radius 3 is 2.51 bits per heavy atom. The number of methoxy groups -OCH3 is 2. The minimum Gasteiger partial charge on any atom is -0.493 e. The molecular formula is C27H27N3O6S. The zero-order valence-corrected chi connectivity index (χ0v) is 21.6. The van der Waals surface area contributed by atoms with Crippen molar-refractivity contribution in [2.75, 3.05) is 26.1 Å². The number of aromatic nitrogens is 2. The Morgan fingerprint density at radius 2 is 1.81 bits per heavy atom. The van der Waals surface area contributed by atoms with Crippen molar-refractivity contribution in [3.63, 3.8) is 0 Å². The van der Waals surface area contributed by atoms with Gasteiger partial charge in [0.2, 0.25) is 5.91 Å². The average Bonchev–Trinajstić information content (AvgIpc) is 3.35. The van der Waals surface area contributed by atoms with Crippen molar-refractivity contribution in [1.82, 2.24) is 9.55 Å². The number of unbranched alkanes of at least 4 members (excludes halogenated alkanes) is 1. The van der Waals surface area contributed by atoms with Gasteiger partial charge in [-0.1, -0.05) is 19.4 Å². The van der Waals surface area contributed by atoms with Crippen LogP contribution in [-0.4, -0.2) is 42.3 Å². The van der Waals surface area contributed by atoms with E-state index in [1.54, 1.807) is 50.6 Å². The van der Waals surface area contributed by atoms with Crippen LogP contribution in [0.4, 0.5) is 5.69 Å². The highest BCUT2D eigenvalue weighted by atomic mass is 32.1. The van der Waals surface area contributed by atoms with Gasteiger partial charge in [-0.05, 0) is 48.4 Å². The predicted octanol–water partition coefficient (Wildman–Crippen LogP) is 4.74. The zero-order chi connectivity index (χ0) is 26.4. The Balaban J connectivity index is 1.51. The first-order valence-corrected chi connectivity index (χ1v) is 12.6. The molecule has 0 aliphatic carbocycles. The predicted molar refractivity (Wildman–Crippen MR) is 143 cm³/mol. The third kappa shape index (κ3) is 5.80. The molecule has 0 atom stereocenters. The summed E-state index contributed by atoms with van der Waals surface area (Å²) in [7, 11) is 3.11. The fraction of sp³-hybridized carbons (Fsp3) is 0.259. The summed E-state index contributed by atoms with van der Waals surface area (Å²) in [6, 6.07) is 11.8. The SMILES string of the molecule is CCCCOC(=O)c1ccc(NC(=O)Cn2cnc3scc(-c4ccc(OC)c(OC)c4)c3c2=O)cc1. The first-order valence-electron chi connectivity index (χ1n) is 11.7. The van der Waals surface area contributed by atoms with E-state index in [1.165, 1.54) is 22.2 Å². The number of carbonyl (C=O) groups excluding carboxylic acids is 2. The summed E-state index contributed by atoms with van der Waals surface area (Å²) >= 11 is 1.35. The molecule has 1 amide bonds. The molecule has 2 aromatic heterocycles. The number of benzene rings is 2. The van der Waals surface area contributed by atoms with Gasteiger partial charge in [-0.3, -0.25) is 14.2 Å². The maximum absolute atomic E-state index is 13.3. The van der Waals surface area contributed by atoms with E-state index in [0.29, 0.717) is 45.1 Å². The quantitative estimate of drug-likeness (QED) is 0.237. The molecule has 0 saturated carbocycles. The molecule has 2 heterocycles. The second kappa shape index (κ2) is 11.7. The maximum Gasteiger partial charge on any atom is 0.338 e. The van der Waals surface area contributed by atoms with Gasteiger partial charge in [-0.15, -0.1) is 11.3 Å². The van der Waals surface area contributed by atoms with Gasteiger partial charge in [-0.2, -0.15) is 0 Å². The van der Waals surface area contributed by atoms with Crippen LogP contribution >= 0.6 is 11.3 Å². The molecule has 9 nitrogen and oxygen atoms in total. The molecule has 0 bridgehead atoms. The van der Waals surface area contributed by atoms with Crippen LogP contribution in [0.2, 0.25) is 0 Å². The number of hydrogen-bond acceptors (Lipinski definition) is 8. The Labute approximate surface area is 217 Å². The van der Waals surface area contributed by atoms with E-state index in [2.05, 4.69) is 10.3 Å². The molecule has 10 heteroatoms. The Morgan fingerprint density at radius 1 is 1.05 bits per heavy atom. The molecule has 192 valence electrons. The molecule has 0 aliphatic heterocycles. The van der Waals surface area contributed by atoms with Crippen molar-refractivity contribution >= 4 is 39.1 Å². The van der Waals surface area contributed by atoms with Gasteiger partial charge in [-0.25, -0.2) is 9.78 Å². The maximum atomic E-state index is 13.3. The highest BCUT2D eigenvalue weighted by Gasteiger charge is 2.17. The van der Waals surface area contributed by atoms with Gasteiger partial charge in [0.25, 0.3) is 5.56 Å². The van der Waals surface area contributed by atoms with Gasteiger partial charge in [0.1, 0.15) is 11.4 Å². The number of fused-ring (bicyclic) bond motifs is 1. The van der Waals surface area contributed by atoms with E-state index in [9.17, 15) is 14.4 Å². The van der Waals surface area contributed by atoms with E-state index in [-0.39, 0.29) is 12.1 Å². The summed E-state index contributed by atoms with van der Waals surface area (Å²) in [6.45, 7) is 2.17. The van der Waals surface area contributed by atoms with Crippen LogP contribution in [0.3, 0.4) is 0 Å². The van der Waals surface area contributed by atoms with Crippen LogP contribution in [-0.2, 0) is 16.1 Å². The van der Waals surface area contributed by atoms with Gasteiger partial charge < -0.3 is 19.5 Å². The normalized spacial score (nSPS) is 10.8. The lowest BCUT2D eigenvalue weighted by molar-refractivity contribution is -0.116. The Bertz CT molecular complexity index is 1480. The number of ether oxygens (including phenoxy) is 3. The molecule has 0 radical (unpaired) electrons. The van der Waals surface area contributed by atoms with E-state index in [4.69, 9.17) is 14.2 Å². The molecule has 0 fully saturated rings. The van der Waals surface area contributed by atoms with Gasteiger partial charge in [0, 0.05) is 16.6 Å². The number of rotatable bonds is 10. The van der Waals surface area contributed by atoms with Crippen LogP contribution < -0.4 is 20.3 Å². The second-order valence-electron chi connectivity index (χ2n) is 8.19. The average molecular weight is 522 g/mol. The van der Waals surface area contributed by atoms with Crippen molar-refractivity contribution in [2.45, 2.75) is 26.3 Å². The first kappa shape index (κ1) is 25.9. The molecule has 0 aliphatic rings. The van der Waals surface area contributed by atoms with E-state index < -0.39 is 11.9 Å². The number of esters is 1. The molecule has 4 rings (SSSR count). The van der Waals surface area contributed by atoms with Crippen LogP contribution in [0.1, 0.15) is 30.1 Å². The summed E-state index contributed by atoms with van der Waals surface area (Å²) in [6.07, 6.45) is 3.11. The van der Waals surface area contributed by atoms with Crippen molar-refractivity contribution in [3.05, 3.63) is 70.1 Å². The van der Waals surface area contributed by atoms with Crippen LogP contribution in [0, 0.1) is 0 Å². The lowest BCUT2D eigenvalue weighted by Crippen LogP contribution is -2.27. The van der Waals surface area contributed by atoms with Crippen molar-refractivity contribution in [2.24, 2.45) is 0 Å². The van der Waals surface area contributed by atoms with Crippen LogP contribution in [0.25, 0.3) is 21.3 Å². The molecule has 1 N–H and O–H groups in total. The van der Waals surface area contributed by atoms with E-state index >= 15 is 0 Å². The summed E-state index contributed by atoms with van der Waals surface area (Å²) in [4.78, 5) is 43.0. The molecule has 37 heavy (non-hydrogen) atoms. The number of nitrogens with one attached hydrogen (secondary N) is 1. The van der Waals surface area contributed by atoms with Crippen molar-refractivity contribution in [3.8, 4) is 22.6 Å². The zero-order valence-electron chi connectivity index (χ0n) is 20.8. The fourth-order valence-electron chi connectivity index (χ4n) is 3.73. The summed E-state index contributed by atoms with van der Waals surface area (Å²) in [5.74, 6) is 0.324. The van der Waals surface area contributed by atoms with Gasteiger partial charge >= 0.3 is 5.97 Å². The van der Waals surface area contributed by atoms with Crippen LogP contribution in [0.15, 0.2) is 59.0 Å². The molecule has 4 aromatic rings. The number of carbonyl (C=O) groups is 2. The van der Waals surface area contributed by atoms with Crippen LogP contribution in [0.5, 0.6) is 11.5 Å². The highest BCUT2D eigenvalue weighted by molar-refractivity contribution is 7.17. The third-order valence-electron chi connectivity index (χ3n) is 5.70. The summed E-state index contributed by atoms with van der Waals surface area (Å²) in [5, 5.41) is 5.04. The lowest BCUT2D eigenvalue weighted by Gasteiger charge is -2.10. The minimum absolute atomic E-state index is 0.218. The fourth-order valence-corrected chi connectivity index (χ4v) is 4.64. The smallest absolute Gasteiger partial charge is 0.338 e. The highest BCUT2D eigenvalue weighted by Crippen LogP contribution is 2.36. The molecular weight excluding hydrogens is 494 g/mol. The standard InChI is InChI=1S/C27H27N3O6S/c1-4-5-12-36-27(33)17-6-9-19(10-7-17)29-23(31)14-30-16-28-25-24(26(30)32)20(15-37-25)18-8-11-21(34-2)22(13-18)35-3/h6-11,13,15-16H,4-5,12,14H2,1-3H3,(H,29,31). The number of anilines is 1. The third-order valence-corrected chi connectivity index (χ3v) is 6.59. The molecule has 0 unspecified atom stereocenters. The van der Waals surface area contributed by atoms with Gasteiger partial charge in [0.15, 0.2) is 11.5 Å².